The fraction of sp³-hybridized carbons (Fsp3) is 0.219. The second kappa shape index (κ2) is 13.1. The molecule has 232 valence electrons. The number of hydrogen-bond donors (Lipinski definition) is 0. The zero-order chi connectivity index (χ0) is 32.5. The van der Waals surface area contributed by atoms with E-state index in [1.165, 1.54) is 12.1 Å². The van der Waals surface area contributed by atoms with Crippen molar-refractivity contribution in [3.05, 3.63) is 129 Å². The van der Waals surface area contributed by atoms with Crippen LogP contribution in [0.5, 0.6) is 0 Å². The Kier molecular flexibility index (Phi) is 9.70. The van der Waals surface area contributed by atoms with Gasteiger partial charge >= 0.3 is 5.97 Å². The van der Waals surface area contributed by atoms with Crippen LogP contribution in [0.25, 0.3) is 11.1 Å². The molecular formula is C32H22F10O2. The standard InChI is InChI=1S/C32H22F10O2/c1-3-14(4-2)13-15-5-7-16(8-6-15)17-9-11-18(12-10-17)32(43)44-31(19-21(33)25(37)29(41)26(38)22(19)34)20-23(35)27(39)30(42)28(40)24(20)36/h5-12,14,31H,3-4,13H2,1-2H3. The average Bonchev–Trinajstić information content (AvgIpc) is 3.03. The maximum atomic E-state index is 14.7. The van der Waals surface area contributed by atoms with E-state index in [2.05, 4.69) is 13.8 Å². The van der Waals surface area contributed by atoms with Gasteiger partial charge in [-0.3, -0.25) is 0 Å². The topological polar surface area (TPSA) is 26.3 Å². The van der Waals surface area contributed by atoms with Crippen molar-refractivity contribution < 1.29 is 53.4 Å². The Bertz CT molecular complexity index is 1570. The van der Waals surface area contributed by atoms with E-state index in [9.17, 15) is 48.7 Å². The van der Waals surface area contributed by atoms with E-state index in [4.69, 9.17) is 4.74 Å². The molecule has 2 nitrogen and oxygen atoms in total. The van der Waals surface area contributed by atoms with Gasteiger partial charge in [0.25, 0.3) is 0 Å². The Morgan fingerprint density at radius 3 is 1.25 bits per heavy atom. The molecule has 0 fully saturated rings. The molecule has 0 aliphatic rings. The molecule has 0 unspecified atom stereocenters. The van der Waals surface area contributed by atoms with E-state index < -0.39 is 86.9 Å². The lowest BCUT2D eigenvalue weighted by Gasteiger charge is -2.22. The molecule has 0 amide bonds. The van der Waals surface area contributed by atoms with Crippen LogP contribution in [0.15, 0.2) is 48.5 Å². The summed E-state index contributed by atoms with van der Waals surface area (Å²) >= 11 is 0. The van der Waals surface area contributed by atoms with E-state index in [1.807, 2.05) is 24.3 Å². The third-order valence-electron chi connectivity index (χ3n) is 7.32. The van der Waals surface area contributed by atoms with Gasteiger partial charge < -0.3 is 4.74 Å². The summed E-state index contributed by atoms with van der Waals surface area (Å²) in [4.78, 5) is 12.9. The van der Waals surface area contributed by atoms with Crippen LogP contribution in [0.4, 0.5) is 43.9 Å². The Labute approximate surface area is 244 Å². The second-order valence-electron chi connectivity index (χ2n) is 9.91. The minimum atomic E-state index is -3.29. The van der Waals surface area contributed by atoms with Crippen molar-refractivity contribution in [1.82, 2.24) is 0 Å². The molecule has 0 N–H and O–H groups in total. The largest absolute Gasteiger partial charge is 0.448 e. The van der Waals surface area contributed by atoms with Gasteiger partial charge in [-0.2, -0.15) is 0 Å². The second-order valence-corrected chi connectivity index (χ2v) is 9.91. The zero-order valence-electron chi connectivity index (χ0n) is 23.0. The first kappa shape index (κ1) is 32.6. The molecule has 12 heteroatoms. The number of benzene rings is 4. The quantitative estimate of drug-likeness (QED) is 0.0799. The lowest BCUT2D eigenvalue weighted by atomic mass is 9.93. The highest BCUT2D eigenvalue weighted by molar-refractivity contribution is 5.90. The molecule has 0 heterocycles. The number of hydrogen-bond acceptors (Lipinski definition) is 2. The van der Waals surface area contributed by atoms with Gasteiger partial charge in [0, 0.05) is 0 Å². The minimum Gasteiger partial charge on any atom is -0.448 e. The average molecular weight is 629 g/mol. The van der Waals surface area contributed by atoms with E-state index in [-0.39, 0.29) is 0 Å². The first-order valence-corrected chi connectivity index (χ1v) is 13.2. The molecule has 0 saturated carbocycles. The van der Waals surface area contributed by atoms with Crippen LogP contribution in [0.1, 0.15) is 59.8 Å². The molecular weight excluding hydrogens is 606 g/mol. The van der Waals surface area contributed by atoms with Crippen LogP contribution >= 0.6 is 0 Å². The van der Waals surface area contributed by atoms with Crippen LogP contribution in [0.2, 0.25) is 0 Å². The summed E-state index contributed by atoms with van der Waals surface area (Å²) in [5, 5.41) is 0. The summed E-state index contributed by atoms with van der Waals surface area (Å²) in [7, 11) is 0. The third-order valence-corrected chi connectivity index (χ3v) is 7.32. The van der Waals surface area contributed by atoms with Crippen molar-refractivity contribution in [2.75, 3.05) is 0 Å². The van der Waals surface area contributed by atoms with Gasteiger partial charge in [0.15, 0.2) is 52.6 Å². The van der Waals surface area contributed by atoms with Crippen molar-refractivity contribution in [1.29, 1.82) is 0 Å². The van der Waals surface area contributed by atoms with Gasteiger partial charge in [0.1, 0.15) is 0 Å². The van der Waals surface area contributed by atoms with Crippen LogP contribution in [-0.4, -0.2) is 5.97 Å². The molecule has 0 aromatic heterocycles. The highest BCUT2D eigenvalue weighted by atomic mass is 19.2. The van der Waals surface area contributed by atoms with Crippen LogP contribution in [0.3, 0.4) is 0 Å². The third kappa shape index (κ3) is 6.02. The molecule has 0 spiro atoms. The number of rotatable bonds is 9. The Morgan fingerprint density at radius 1 is 0.545 bits per heavy atom. The normalized spacial score (nSPS) is 11.5. The van der Waals surface area contributed by atoms with E-state index in [0.29, 0.717) is 11.5 Å². The molecule has 0 saturated heterocycles. The number of carbonyl (C=O) groups is 1. The fourth-order valence-corrected chi connectivity index (χ4v) is 4.68. The Hall–Kier alpha value is -4.35. The Balaban J connectivity index is 1.73. The first-order chi connectivity index (χ1) is 20.8. The zero-order valence-corrected chi connectivity index (χ0v) is 23.0. The van der Waals surface area contributed by atoms with E-state index in [0.717, 1.165) is 42.5 Å². The summed E-state index contributed by atoms with van der Waals surface area (Å²) in [5.74, 6) is -27.8. The minimum absolute atomic E-state index is 0.447. The van der Waals surface area contributed by atoms with Crippen molar-refractivity contribution in [2.45, 2.75) is 39.2 Å². The van der Waals surface area contributed by atoms with E-state index in [1.54, 1.807) is 0 Å². The van der Waals surface area contributed by atoms with Crippen molar-refractivity contribution >= 4 is 5.97 Å². The molecule has 4 aromatic carbocycles. The molecule has 0 radical (unpaired) electrons. The van der Waals surface area contributed by atoms with Gasteiger partial charge in [0.2, 0.25) is 11.6 Å². The fourth-order valence-electron chi connectivity index (χ4n) is 4.68. The van der Waals surface area contributed by atoms with Crippen LogP contribution in [0, 0.1) is 64.1 Å². The predicted molar refractivity (Wildman–Crippen MR) is 139 cm³/mol. The number of esters is 1. The molecule has 4 aromatic rings. The number of carbonyl (C=O) groups excluding carboxylic acids is 1. The number of ether oxygens (including phenoxy) is 1. The molecule has 0 aliphatic carbocycles. The molecule has 0 bridgehead atoms. The van der Waals surface area contributed by atoms with Crippen molar-refractivity contribution in [2.24, 2.45) is 5.92 Å². The van der Waals surface area contributed by atoms with Gasteiger partial charge in [-0.1, -0.05) is 63.1 Å². The van der Waals surface area contributed by atoms with Gasteiger partial charge in [-0.15, -0.1) is 0 Å². The van der Waals surface area contributed by atoms with E-state index >= 15 is 0 Å². The lowest BCUT2D eigenvalue weighted by Crippen LogP contribution is -2.22. The van der Waals surface area contributed by atoms with Gasteiger partial charge in [0.05, 0.1) is 16.7 Å². The first-order valence-electron chi connectivity index (χ1n) is 13.2. The molecule has 0 aliphatic heterocycles. The smallest absolute Gasteiger partial charge is 0.339 e. The molecule has 4 rings (SSSR count). The summed E-state index contributed by atoms with van der Waals surface area (Å²) in [6.07, 6.45) is -0.374. The summed E-state index contributed by atoms with van der Waals surface area (Å²) in [5.41, 5.74) is -2.34. The van der Waals surface area contributed by atoms with Crippen LogP contribution in [-0.2, 0) is 11.2 Å². The maximum Gasteiger partial charge on any atom is 0.339 e. The van der Waals surface area contributed by atoms with Crippen molar-refractivity contribution in [3.8, 4) is 11.1 Å². The monoisotopic (exact) mass is 628 g/mol. The predicted octanol–water partition coefficient (Wildman–Crippen LogP) is 9.67. The van der Waals surface area contributed by atoms with Gasteiger partial charge in [-0.05, 0) is 41.2 Å². The molecule has 0 atom stereocenters. The highest BCUT2D eigenvalue weighted by Crippen LogP contribution is 2.39. The molecule has 44 heavy (non-hydrogen) atoms. The SMILES string of the molecule is CCC(CC)Cc1ccc(-c2ccc(C(=O)OC(c3c(F)c(F)c(F)c(F)c3F)c3c(F)c(F)c(F)c(F)c3F)cc2)cc1. The van der Waals surface area contributed by atoms with Crippen LogP contribution < -0.4 is 0 Å². The summed E-state index contributed by atoms with van der Waals surface area (Å²) < 4.78 is 147. The summed E-state index contributed by atoms with van der Waals surface area (Å²) in [6.45, 7) is 4.20. The highest BCUT2D eigenvalue weighted by Gasteiger charge is 2.39. The van der Waals surface area contributed by atoms with Gasteiger partial charge in [-0.25, -0.2) is 48.7 Å². The lowest BCUT2D eigenvalue weighted by molar-refractivity contribution is 0.0345. The number of halogens is 10. The van der Waals surface area contributed by atoms with Crippen molar-refractivity contribution in [3.63, 3.8) is 0 Å². The maximum absolute atomic E-state index is 14.7. The Morgan fingerprint density at radius 2 is 0.886 bits per heavy atom. The summed E-state index contributed by atoms with van der Waals surface area (Å²) in [6, 6.07) is 12.5.